The number of amides is 1. The second-order valence-corrected chi connectivity index (χ2v) is 9.02. The predicted octanol–water partition coefficient (Wildman–Crippen LogP) is 5.87. The van der Waals surface area contributed by atoms with Gasteiger partial charge in [-0.1, -0.05) is 47.6 Å². The number of halogens is 1. The van der Waals surface area contributed by atoms with Crippen LogP contribution in [-0.2, 0) is 11.4 Å². The minimum atomic E-state index is -0.115. The number of hydrogen-bond donors (Lipinski definition) is 0. The van der Waals surface area contributed by atoms with Gasteiger partial charge in [0.2, 0.25) is 0 Å². The highest BCUT2D eigenvalue weighted by Gasteiger charge is 2.34. The molecule has 0 spiro atoms. The maximum absolute atomic E-state index is 13.0. The highest BCUT2D eigenvalue weighted by molar-refractivity contribution is 8.27. The van der Waals surface area contributed by atoms with Crippen LogP contribution in [-0.4, -0.2) is 14.9 Å². The Bertz CT molecular complexity index is 1120. The second-order valence-electron chi connectivity index (χ2n) is 6.91. The van der Waals surface area contributed by atoms with E-state index >= 15 is 0 Å². The summed E-state index contributed by atoms with van der Waals surface area (Å²) in [6, 6.07) is 19.1. The summed E-state index contributed by atoms with van der Waals surface area (Å²) >= 11 is 12.7. The number of carbonyl (C=O) groups is 1. The van der Waals surface area contributed by atoms with Crippen LogP contribution in [0.2, 0.25) is 5.02 Å². The van der Waals surface area contributed by atoms with Crippen molar-refractivity contribution >= 4 is 51.9 Å². The van der Waals surface area contributed by atoms with Gasteiger partial charge in [0.05, 0.1) is 4.91 Å². The molecule has 2 heterocycles. The van der Waals surface area contributed by atoms with Crippen molar-refractivity contribution in [2.75, 3.05) is 5.01 Å². The summed E-state index contributed by atoms with van der Waals surface area (Å²) in [7, 11) is 0. The van der Waals surface area contributed by atoms with Gasteiger partial charge in [0.25, 0.3) is 5.91 Å². The van der Waals surface area contributed by atoms with Gasteiger partial charge in [0, 0.05) is 16.4 Å². The lowest BCUT2D eigenvalue weighted by Crippen LogP contribution is -2.39. The molecule has 7 heteroatoms. The summed E-state index contributed by atoms with van der Waals surface area (Å²) in [4.78, 5) is 13.6. The molecule has 4 rings (SSSR count). The molecule has 0 aliphatic carbocycles. The second kappa shape index (κ2) is 8.68. The number of aryl methyl sites for hydroxylation is 2. The fraction of sp³-hybridized carbons (Fsp3) is 0.130. The van der Waals surface area contributed by atoms with Crippen molar-refractivity contribution in [2.45, 2.75) is 20.5 Å². The SMILES string of the molecule is Cc1ccc(C)n1N1C(=O)/C(=C\c2ccc(OCc3ccc(Cl)cc3)cc2)SC1=S. The minimum absolute atomic E-state index is 0.115. The van der Waals surface area contributed by atoms with Crippen molar-refractivity contribution in [3.8, 4) is 5.75 Å². The average Bonchev–Trinajstić information content (AvgIpc) is 3.20. The van der Waals surface area contributed by atoms with E-state index in [2.05, 4.69) is 0 Å². The van der Waals surface area contributed by atoms with Gasteiger partial charge >= 0.3 is 0 Å². The molecule has 1 aliphatic rings. The van der Waals surface area contributed by atoms with Gasteiger partial charge in [-0.3, -0.25) is 9.47 Å². The first-order chi connectivity index (χ1) is 14.4. The molecule has 0 atom stereocenters. The molecular weight excluding hydrogens is 436 g/mol. The molecule has 1 aliphatic heterocycles. The third kappa shape index (κ3) is 4.31. The average molecular weight is 455 g/mol. The maximum atomic E-state index is 13.0. The summed E-state index contributed by atoms with van der Waals surface area (Å²) < 4.78 is 8.20. The van der Waals surface area contributed by atoms with Crippen LogP contribution >= 0.6 is 35.6 Å². The topological polar surface area (TPSA) is 34.5 Å². The van der Waals surface area contributed by atoms with Crippen molar-refractivity contribution < 1.29 is 9.53 Å². The maximum Gasteiger partial charge on any atom is 0.285 e. The lowest BCUT2D eigenvalue weighted by molar-refractivity contribution is -0.114. The van der Waals surface area contributed by atoms with Crippen LogP contribution in [0, 0.1) is 13.8 Å². The Kier molecular flexibility index (Phi) is 5.99. The van der Waals surface area contributed by atoms with Gasteiger partial charge in [0.1, 0.15) is 12.4 Å². The number of benzene rings is 2. The van der Waals surface area contributed by atoms with Crippen molar-refractivity contribution in [3.05, 3.63) is 93.1 Å². The quantitative estimate of drug-likeness (QED) is 0.356. The fourth-order valence-corrected chi connectivity index (χ4v) is 4.53. The minimum Gasteiger partial charge on any atom is -0.489 e. The summed E-state index contributed by atoms with van der Waals surface area (Å²) in [6.07, 6.45) is 1.86. The lowest BCUT2D eigenvalue weighted by atomic mass is 10.2. The Balaban J connectivity index is 1.46. The van der Waals surface area contributed by atoms with Crippen molar-refractivity contribution in [2.24, 2.45) is 0 Å². The molecule has 0 unspecified atom stereocenters. The molecule has 3 aromatic rings. The Morgan fingerprint density at radius 1 is 1.00 bits per heavy atom. The first kappa shape index (κ1) is 20.7. The normalized spacial score (nSPS) is 15.3. The molecule has 0 saturated carbocycles. The van der Waals surface area contributed by atoms with Crippen LogP contribution in [0.15, 0.2) is 65.6 Å². The summed E-state index contributed by atoms with van der Waals surface area (Å²) in [5.74, 6) is 0.642. The van der Waals surface area contributed by atoms with E-state index in [-0.39, 0.29) is 5.91 Å². The van der Waals surface area contributed by atoms with E-state index in [9.17, 15) is 4.79 Å². The number of thiocarbonyl (C=S) groups is 1. The number of ether oxygens (including phenoxy) is 1. The van der Waals surface area contributed by atoms with E-state index in [0.717, 1.165) is 28.3 Å². The molecule has 4 nitrogen and oxygen atoms in total. The van der Waals surface area contributed by atoms with Crippen LogP contribution in [0.1, 0.15) is 22.5 Å². The van der Waals surface area contributed by atoms with Gasteiger partial charge < -0.3 is 4.74 Å². The molecule has 0 radical (unpaired) electrons. The lowest BCUT2D eigenvalue weighted by Gasteiger charge is -2.20. The highest BCUT2D eigenvalue weighted by atomic mass is 35.5. The Labute approximate surface area is 190 Å². The standard InChI is InChI=1S/C23H19ClN2O2S2/c1-15-3-4-16(2)25(15)26-22(27)21(30-23(26)29)13-17-7-11-20(12-8-17)28-14-18-5-9-19(24)10-6-18/h3-13H,14H2,1-2H3/b21-13+. The van der Waals surface area contributed by atoms with E-state index in [1.807, 2.05) is 85.3 Å². The molecule has 0 bridgehead atoms. The third-order valence-electron chi connectivity index (χ3n) is 4.70. The molecule has 0 N–H and O–H groups in total. The zero-order valence-electron chi connectivity index (χ0n) is 16.5. The van der Waals surface area contributed by atoms with Gasteiger partial charge in [-0.05, 0) is 79.7 Å². The molecule has 2 aromatic carbocycles. The van der Waals surface area contributed by atoms with Crippen molar-refractivity contribution in [1.82, 2.24) is 4.68 Å². The van der Waals surface area contributed by atoms with Crippen LogP contribution < -0.4 is 9.75 Å². The first-order valence-electron chi connectivity index (χ1n) is 9.33. The number of hydrogen-bond acceptors (Lipinski definition) is 4. The monoisotopic (exact) mass is 454 g/mol. The summed E-state index contributed by atoms with van der Waals surface area (Å²) in [5, 5.41) is 2.26. The third-order valence-corrected chi connectivity index (χ3v) is 6.24. The summed E-state index contributed by atoms with van der Waals surface area (Å²) in [5.41, 5.74) is 3.89. The predicted molar refractivity (Wildman–Crippen MR) is 128 cm³/mol. The van der Waals surface area contributed by atoms with Gasteiger partial charge in [0.15, 0.2) is 4.32 Å². The zero-order chi connectivity index (χ0) is 21.3. The van der Waals surface area contributed by atoms with Crippen molar-refractivity contribution in [1.29, 1.82) is 0 Å². The van der Waals surface area contributed by atoms with E-state index in [0.29, 0.717) is 20.9 Å². The van der Waals surface area contributed by atoms with Gasteiger partial charge in [-0.25, -0.2) is 0 Å². The van der Waals surface area contributed by atoms with Crippen LogP contribution in [0.4, 0.5) is 0 Å². The number of aromatic nitrogens is 1. The molecular formula is C23H19ClN2O2S2. The van der Waals surface area contributed by atoms with Gasteiger partial charge in [-0.15, -0.1) is 0 Å². The molecule has 1 fully saturated rings. The Morgan fingerprint density at radius 2 is 1.63 bits per heavy atom. The zero-order valence-corrected chi connectivity index (χ0v) is 18.9. The molecule has 1 saturated heterocycles. The molecule has 30 heavy (non-hydrogen) atoms. The number of nitrogens with zero attached hydrogens (tertiary/aromatic N) is 2. The molecule has 1 amide bonds. The van der Waals surface area contributed by atoms with Crippen LogP contribution in [0.5, 0.6) is 5.75 Å². The highest BCUT2D eigenvalue weighted by Crippen LogP contribution is 2.33. The Hall–Kier alpha value is -2.54. The fourth-order valence-electron chi connectivity index (χ4n) is 3.17. The van der Waals surface area contributed by atoms with E-state index in [4.69, 9.17) is 28.6 Å². The smallest absolute Gasteiger partial charge is 0.285 e. The van der Waals surface area contributed by atoms with E-state index in [1.54, 1.807) is 5.01 Å². The van der Waals surface area contributed by atoms with Crippen LogP contribution in [0.3, 0.4) is 0 Å². The van der Waals surface area contributed by atoms with E-state index in [1.165, 1.54) is 11.8 Å². The first-order valence-corrected chi connectivity index (χ1v) is 10.9. The number of thioether (sulfide) groups is 1. The van der Waals surface area contributed by atoms with Crippen molar-refractivity contribution in [3.63, 3.8) is 0 Å². The van der Waals surface area contributed by atoms with Crippen LogP contribution in [0.25, 0.3) is 6.08 Å². The molecule has 1 aromatic heterocycles. The number of rotatable bonds is 5. The van der Waals surface area contributed by atoms with E-state index < -0.39 is 0 Å². The number of carbonyl (C=O) groups excluding carboxylic acids is 1. The largest absolute Gasteiger partial charge is 0.489 e. The van der Waals surface area contributed by atoms with Gasteiger partial charge in [-0.2, -0.15) is 5.01 Å². The summed E-state index contributed by atoms with van der Waals surface area (Å²) in [6.45, 7) is 4.38. The molecule has 152 valence electrons. The Morgan fingerprint density at radius 3 is 2.27 bits per heavy atom.